The smallest absolute Gasteiger partial charge is 0.416 e. The highest BCUT2D eigenvalue weighted by Gasteiger charge is 2.43. The Bertz CT molecular complexity index is 1670. The molecule has 13 heteroatoms. The minimum Gasteiger partial charge on any atom is -0.492 e. The second kappa shape index (κ2) is 13.3. The summed E-state index contributed by atoms with van der Waals surface area (Å²) in [5.41, 5.74) is -2.34. The fourth-order valence-corrected chi connectivity index (χ4v) is 5.77. The van der Waals surface area contributed by atoms with E-state index in [9.17, 15) is 37.5 Å². The van der Waals surface area contributed by atoms with Gasteiger partial charge in [-0.3, -0.25) is 4.90 Å². The van der Waals surface area contributed by atoms with Gasteiger partial charge in [0.25, 0.3) is 0 Å². The largest absolute Gasteiger partial charge is 0.492 e. The van der Waals surface area contributed by atoms with Crippen molar-refractivity contribution in [2.75, 3.05) is 19.7 Å². The summed E-state index contributed by atoms with van der Waals surface area (Å²) in [6.07, 6.45) is -3.20. The van der Waals surface area contributed by atoms with Crippen LogP contribution in [0.1, 0.15) is 70.3 Å². The molecule has 1 N–H and O–H groups in total. The summed E-state index contributed by atoms with van der Waals surface area (Å²) in [6.45, 7) is -0.473. The Kier molecular flexibility index (Phi) is 9.56. The zero-order valence-corrected chi connectivity index (χ0v) is 25.0. The molecule has 0 aromatic heterocycles. The van der Waals surface area contributed by atoms with Crippen molar-refractivity contribution in [3.8, 4) is 11.8 Å². The summed E-state index contributed by atoms with van der Waals surface area (Å²) >= 11 is 5.87. The number of carboxylic acid groups (broad SMARTS) is 1. The standard InChI is InChI=1S/C33H28ClF5N2O5/c34-25-13-21(33(37,38)39)12-24(28(25)36)29(31(44)45-16-19-4-2-1-3-5-19)41-10-8-32(17-40,9-11-41)18-46-27-15-26(35)23(30(42)43)14-22(27)20-6-7-20/h1-5,12-15,20,29H,6-11,16,18H2,(H,42,43). The van der Waals surface area contributed by atoms with Gasteiger partial charge in [-0.15, -0.1) is 0 Å². The predicted octanol–water partition coefficient (Wildman–Crippen LogP) is 7.68. The fourth-order valence-electron chi connectivity index (χ4n) is 5.54. The second-order valence-electron chi connectivity index (χ2n) is 11.5. The van der Waals surface area contributed by atoms with Crippen LogP contribution in [0, 0.1) is 28.4 Å². The number of nitrogens with zero attached hydrogens (tertiary/aromatic N) is 2. The van der Waals surface area contributed by atoms with Crippen molar-refractivity contribution in [2.24, 2.45) is 5.41 Å². The first-order valence-electron chi connectivity index (χ1n) is 14.4. The van der Waals surface area contributed by atoms with Crippen LogP contribution in [0.15, 0.2) is 54.6 Å². The molecular weight excluding hydrogens is 635 g/mol. The van der Waals surface area contributed by atoms with E-state index in [1.54, 1.807) is 30.3 Å². The Labute approximate surface area is 266 Å². The monoisotopic (exact) mass is 662 g/mol. The molecule has 1 heterocycles. The van der Waals surface area contributed by atoms with Gasteiger partial charge in [0.15, 0.2) is 0 Å². The van der Waals surface area contributed by atoms with Gasteiger partial charge in [0, 0.05) is 24.7 Å². The summed E-state index contributed by atoms with van der Waals surface area (Å²) in [5, 5.41) is 18.7. The van der Waals surface area contributed by atoms with Gasteiger partial charge in [-0.25, -0.2) is 18.4 Å². The first-order chi connectivity index (χ1) is 21.8. The molecule has 3 aromatic carbocycles. The molecule has 0 radical (unpaired) electrons. The van der Waals surface area contributed by atoms with Crippen LogP contribution in [0.25, 0.3) is 0 Å². The van der Waals surface area contributed by atoms with Crippen molar-refractivity contribution in [1.29, 1.82) is 5.26 Å². The highest BCUT2D eigenvalue weighted by atomic mass is 35.5. The normalized spacial score (nSPS) is 17.2. The maximum atomic E-state index is 15.4. The van der Waals surface area contributed by atoms with E-state index >= 15 is 4.39 Å². The third-order valence-electron chi connectivity index (χ3n) is 8.33. The molecule has 3 aromatic rings. The summed E-state index contributed by atoms with van der Waals surface area (Å²) in [4.78, 5) is 26.4. The van der Waals surface area contributed by atoms with Gasteiger partial charge in [-0.2, -0.15) is 18.4 Å². The van der Waals surface area contributed by atoms with Gasteiger partial charge in [0.05, 0.1) is 27.6 Å². The number of piperidine rings is 1. The fraction of sp³-hybridized carbons (Fsp3) is 0.364. The number of esters is 1. The molecule has 2 fully saturated rings. The van der Waals surface area contributed by atoms with Gasteiger partial charge in [0.2, 0.25) is 0 Å². The van der Waals surface area contributed by atoms with Crippen molar-refractivity contribution in [1.82, 2.24) is 4.90 Å². The van der Waals surface area contributed by atoms with Crippen LogP contribution in [-0.4, -0.2) is 41.6 Å². The van der Waals surface area contributed by atoms with E-state index in [0.717, 1.165) is 18.9 Å². The second-order valence-corrected chi connectivity index (χ2v) is 11.9. The molecule has 1 aliphatic heterocycles. The van der Waals surface area contributed by atoms with Crippen molar-refractivity contribution < 1.29 is 46.1 Å². The molecule has 1 saturated carbocycles. The first-order valence-corrected chi connectivity index (χ1v) is 14.8. The van der Waals surface area contributed by atoms with Gasteiger partial charge in [-0.05, 0) is 60.9 Å². The van der Waals surface area contributed by atoms with Crippen LogP contribution in [0.2, 0.25) is 5.02 Å². The molecule has 1 atom stereocenters. The Morgan fingerprint density at radius 3 is 2.35 bits per heavy atom. The van der Waals surface area contributed by atoms with Crippen molar-refractivity contribution in [3.05, 3.63) is 99.1 Å². The number of hydrogen-bond donors (Lipinski definition) is 1. The highest BCUT2D eigenvalue weighted by molar-refractivity contribution is 6.30. The first kappa shape index (κ1) is 33.2. The van der Waals surface area contributed by atoms with Gasteiger partial charge in [0.1, 0.15) is 36.6 Å². The molecule has 0 spiro atoms. The Hall–Kier alpha value is -4.21. The highest BCUT2D eigenvalue weighted by Crippen LogP contribution is 2.46. The van der Waals surface area contributed by atoms with E-state index < -0.39 is 62.9 Å². The molecule has 1 unspecified atom stereocenters. The lowest BCUT2D eigenvalue weighted by molar-refractivity contribution is -0.153. The molecule has 0 bridgehead atoms. The number of aromatic carboxylic acids is 1. The summed E-state index contributed by atoms with van der Waals surface area (Å²) in [7, 11) is 0. The molecule has 0 amide bonds. The van der Waals surface area contributed by atoms with Gasteiger partial charge in [-0.1, -0.05) is 41.9 Å². The Morgan fingerprint density at radius 1 is 1.09 bits per heavy atom. The minimum absolute atomic E-state index is 0.00502. The maximum absolute atomic E-state index is 15.4. The predicted molar refractivity (Wildman–Crippen MR) is 155 cm³/mol. The lowest BCUT2D eigenvalue weighted by atomic mass is 9.79. The lowest BCUT2D eigenvalue weighted by Crippen LogP contribution is -2.46. The molecule has 7 nitrogen and oxygen atoms in total. The Balaban J connectivity index is 1.38. The maximum Gasteiger partial charge on any atom is 0.416 e. The van der Waals surface area contributed by atoms with E-state index in [2.05, 4.69) is 6.07 Å². The topological polar surface area (TPSA) is 99.9 Å². The van der Waals surface area contributed by atoms with Crippen LogP contribution in [0.5, 0.6) is 5.75 Å². The number of halogens is 6. The van der Waals surface area contributed by atoms with Crippen molar-refractivity contribution >= 4 is 23.5 Å². The average molecular weight is 663 g/mol. The van der Waals surface area contributed by atoms with Crippen molar-refractivity contribution in [2.45, 2.75) is 50.4 Å². The van der Waals surface area contributed by atoms with E-state index in [-0.39, 0.29) is 50.8 Å². The molecule has 46 heavy (non-hydrogen) atoms. The number of hydrogen-bond acceptors (Lipinski definition) is 6. The minimum atomic E-state index is -4.87. The van der Waals surface area contributed by atoms with E-state index in [1.807, 2.05) is 0 Å². The zero-order valence-electron chi connectivity index (χ0n) is 24.3. The van der Waals surface area contributed by atoms with E-state index in [0.29, 0.717) is 23.3 Å². The molecular formula is C33H28ClF5N2O5. The number of carboxylic acids is 1. The lowest BCUT2D eigenvalue weighted by Gasteiger charge is -2.40. The zero-order chi connectivity index (χ0) is 33.2. The quantitative estimate of drug-likeness (QED) is 0.176. The Morgan fingerprint density at radius 2 is 1.76 bits per heavy atom. The number of rotatable bonds is 10. The number of nitriles is 1. The van der Waals surface area contributed by atoms with Crippen molar-refractivity contribution in [3.63, 3.8) is 0 Å². The van der Waals surface area contributed by atoms with Gasteiger partial charge < -0.3 is 14.6 Å². The van der Waals surface area contributed by atoms with Crippen LogP contribution in [0.4, 0.5) is 22.0 Å². The molecule has 242 valence electrons. The third kappa shape index (κ3) is 7.26. The van der Waals surface area contributed by atoms with Crippen LogP contribution < -0.4 is 4.74 Å². The number of carbonyl (C=O) groups excluding carboxylic acids is 1. The molecule has 5 rings (SSSR count). The van der Waals surface area contributed by atoms with Crippen LogP contribution in [-0.2, 0) is 22.3 Å². The number of likely N-dealkylation sites (tertiary alicyclic amines) is 1. The summed E-state index contributed by atoms with van der Waals surface area (Å²) in [5.74, 6) is -4.46. The number of ether oxygens (including phenoxy) is 2. The average Bonchev–Trinajstić information content (AvgIpc) is 3.87. The molecule has 2 aliphatic rings. The number of benzene rings is 3. The third-order valence-corrected chi connectivity index (χ3v) is 8.61. The molecule has 1 saturated heterocycles. The number of carbonyl (C=O) groups is 2. The SMILES string of the molecule is N#CC1(COc2cc(F)c(C(=O)O)cc2C2CC2)CCN(C(C(=O)OCc2ccccc2)c2cc(C(F)(F)F)cc(Cl)c2F)CC1. The number of alkyl halides is 3. The van der Waals surface area contributed by atoms with Gasteiger partial charge >= 0.3 is 18.1 Å². The van der Waals surface area contributed by atoms with Crippen LogP contribution >= 0.6 is 11.6 Å². The van der Waals surface area contributed by atoms with Crippen LogP contribution in [0.3, 0.4) is 0 Å². The molecule has 1 aliphatic carbocycles. The van der Waals surface area contributed by atoms with E-state index in [4.69, 9.17) is 21.1 Å². The van der Waals surface area contributed by atoms with E-state index in [1.165, 1.54) is 11.0 Å². The summed E-state index contributed by atoms with van der Waals surface area (Å²) in [6, 6.07) is 12.4. The summed E-state index contributed by atoms with van der Waals surface area (Å²) < 4.78 is 82.3.